The van der Waals surface area contributed by atoms with E-state index in [0.29, 0.717) is 11.5 Å². The third-order valence-corrected chi connectivity index (χ3v) is 3.13. The third-order valence-electron chi connectivity index (χ3n) is 3.13. The summed E-state index contributed by atoms with van der Waals surface area (Å²) < 4.78 is 0. The van der Waals surface area contributed by atoms with Crippen LogP contribution in [0, 0.1) is 22.5 Å². The highest BCUT2D eigenvalue weighted by Crippen LogP contribution is 2.46. The zero-order valence-electron chi connectivity index (χ0n) is 9.78. The predicted molar refractivity (Wildman–Crippen MR) is 63.6 cm³/mol. The van der Waals surface area contributed by atoms with Gasteiger partial charge >= 0.3 is 0 Å². The van der Waals surface area contributed by atoms with Gasteiger partial charge in [-0.25, -0.2) is 0 Å². The minimum atomic E-state index is -0.351. The summed E-state index contributed by atoms with van der Waals surface area (Å²) in [7, 11) is 0. The molecule has 1 aromatic carbocycles. The molecule has 0 amide bonds. The van der Waals surface area contributed by atoms with Crippen molar-refractivity contribution in [2.45, 2.75) is 33.2 Å². The van der Waals surface area contributed by atoms with Gasteiger partial charge in [0.2, 0.25) is 0 Å². The molecule has 1 aliphatic rings. The van der Waals surface area contributed by atoms with Crippen molar-refractivity contribution >= 4 is 11.4 Å². The van der Waals surface area contributed by atoms with E-state index in [1.165, 1.54) is 0 Å². The Hall–Kier alpha value is -1.58. The number of nitrogens with one attached hydrogen (secondary N) is 1. The molecule has 1 aromatic rings. The van der Waals surface area contributed by atoms with Crippen molar-refractivity contribution < 1.29 is 4.92 Å². The van der Waals surface area contributed by atoms with Gasteiger partial charge in [-0.15, -0.1) is 0 Å². The number of benzene rings is 1. The first kappa shape index (κ1) is 10.9. The second kappa shape index (κ2) is 3.47. The maximum atomic E-state index is 10.7. The van der Waals surface area contributed by atoms with Crippen LogP contribution in [0.5, 0.6) is 0 Å². The van der Waals surface area contributed by atoms with E-state index >= 15 is 0 Å². The summed E-state index contributed by atoms with van der Waals surface area (Å²) in [5.41, 5.74) is 2.23. The van der Waals surface area contributed by atoms with E-state index in [9.17, 15) is 10.1 Å². The van der Waals surface area contributed by atoms with Crippen LogP contribution in [0.2, 0.25) is 0 Å². The molecule has 1 saturated carbocycles. The SMILES string of the molecule is Cc1cc(NC2CC2(C)C)cc([N+](=O)[O-])c1. The molecule has 86 valence electrons. The molecule has 1 N–H and O–H groups in total. The van der Waals surface area contributed by atoms with E-state index < -0.39 is 0 Å². The third kappa shape index (κ3) is 2.15. The fourth-order valence-electron chi connectivity index (χ4n) is 1.87. The maximum absolute atomic E-state index is 10.7. The lowest BCUT2D eigenvalue weighted by Crippen LogP contribution is -2.08. The monoisotopic (exact) mass is 220 g/mol. The number of hydrogen-bond acceptors (Lipinski definition) is 3. The number of rotatable bonds is 3. The summed E-state index contributed by atoms with van der Waals surface area (Å²) in [6.45, 7) is 6.25. The first-order chi connectivity index (χ1) is 7.38. The van der Waals surface area contributed by atoms with Gasteiger partial charge < -0.3 is 5.32 Å². The highest BCUT2D eigenvalue weighted by molar-refractivity contribution is 5.55. The second-order valence-electron chi connectivity index (χ2n) is 5.20. The Morgan fingerprint density at radius 2 is 2.06 bits per heavy atom. The van der Waals surface area contributed by atoms with Crippen LogP contribution in [-0.4, -0.2) is 11.0 Å². The molecule has 0 heterocycles. The number of hydrogen-bond donors (Lipinski definition) is 1. The van der Waals surface area contributed by atoms with E-state index in [1.54, 1.807) is 12.1 Å². The topological polar surface area (TPSA) is 55.2 Å². The summed E-state index contributed by atoms with van der Waals surface area (Å²) in [5.74, 6) is 0. The van der Waals surface area contributed by atoms with Crippen molar-refractivity contribution in [1.82, 2.24) is 0 Å². The Balaban J connectivity index is 2.18. The van der Waals surface area contributed by atoms with Gasteiger partial charge in [-0.05, 0) is 30.4 Å². The maximum Gasteiger partial charge on any atom is 0.271 e. The molecule has 0 radical (unpaired) electrons. The van der Waals surface area contributed by atoms with E-state index in [2.05, 4.69) is 19.2 Å². The molecule has 4 heteroatoms. The summed E-state index contributed by atoms with van der Waals surface area (Å²) in [6, 6.07) is 5.57. The van der Waals surface area contributed by atoms with Crippen molar-refractivity contribution in [2.24, 2.45) is 5.41 Å². The number of nitro groups is 1. The van der Waals surface area contributed by atoms with Crippen LogP contribution in [0.4, 0.5) is 11.4 Å². The van der Waals surface area contributed by atoms with E-state index in [-0.39, 0.29) is 10.6 Å². The Labute approximate surface area is 94.8 Å². The van der Waals surface area contributed by atoms with Gasteiger partial charge in [0.1, 0.15) is 0 Å². The lowest BCUT2D eigenvalue weighted by atomic mass is 10.1. The Morgan fingerprint density at radius 3 is 2.56 bits per heavy atom. The molecule has 2 rings (SSSR count). The Bertz CT molecular complexity index is 441. The van der Waals surface area contributed by atoms with Crippen LogP contribution in [0.15, 0.2) is 18.2 Å². The molecular formula is C12H16N2O2. The van der Waals surface area contributed by atoms with Crippen LogP contribution in [-0.2, 0) is 0 Å². The zero-order chi connectivity index (χ0) is 11.9. The molecule has 0 saturated heterocycles. The van der Waals surface area contributed by atoms with E-state index in [0.717, 1.165) is 17.7 Å². The van der Waals surface area contributed by atoms with Crippen molar-refractivity contribution in [3.63, 3.8) is 0 Å². The average molecular weight is 220 g/mol. The minimum absolute atomic E-state index is 0.154. The van der Waals surface area contributed by atoms with Gasteiger partial charge in [-0.2, -0.15) is 0 Å². The van der Waals surface area contributed by atoms with Crippen LogP contribution < -0.4 is 5.32 Å². The number of non-ortho nitro benzene ring substituents is 1. The summed E-state index contributed by atoms with van der Waals surface area (Å²) >= 11 is 0. The molecule has 1 atom stereocenters. The number of nitro benzene ring substituents is 1. The summed E-state index contributed by atoms with van der Waals surface area (Å²) in [6.07, 6.45) is 1.12. The molecule has 1 fully saturated rings. The second-order valence-corrected chi connectivity index (χ2v) is 5.20. The van der Waals surface area contributed by atoms with Gasteiger partial charge in [-0.3, -0.25) is 10.1 Å². The number of nitrogens with zero attached hydrogens (tertiary/aromatic N) is 1. The van der Waals surface area contributed by atoms with Gasteiger partial charge in [-0.1, -0.05) is 13.8 Å². The molecule has 16 heavy (non-hydrogen) atoms. The molecule has 0 bridgehead atoms. The van der Waals surface area contributed by atoms with Crippen LogP contribution in [0.25, 0.3) is 0 Å². The molecule has 1 aliphatic carbocycles. The highest BCUT2D eigenvalue weighted by atomic mass is 16.6. The van der Waals surface area contributed by atoms with Gasteiger partial charge in [0.25, 0.3) is 5.69 Å². The van der Waals surface area contributed by atoms with E-state index in [4.69, 9.17) is 0 Å². The number of aryl methyl sites for hydroxylation is 1. The lowest BCUT2D eigenvalue weighted by molar-refractivity contribution is -0.384. The largest absolute Gasteiger partial charge is 0.382 e. The van der Waals surface area contributed by atoms with Crippen molar-refractivity contribution in [3.8, 4) is 0 Å². The molecule has 0 aromatic heterocycles. The Kier molecular flexibility index (Phi) is 2.37. The molecule has 0 aliphatic heterocycles. The molecule has 1 unspecified atom stereocenters. The Morgan fingerprint density at radius 1 is 1.44 bits per heavy atom. The standard InChI is InChI=1S/C12H16N2O2/c1-8-4-9(6-10(5-8)14(15)16)13-11-7-12(11,2)3/h4-6,11,13H,7H2,1-3H3. The molecule has 4 nitrogen and oxygen atoms in total. The van der Waals surface area contributed by atoms with Gasteiger partial charge in [0.05, 0.1) is 4.92 Å². The summed E-state index contributed by atoms with van der Waals surface area (Å²) in [4.78, 5) is 10.4. The highest BCUT2D eigenvalue weighted by Gasteiger charge is 2.45. The van der Waals surface area contributed by atoms with Crippen molar-refractivity contribution in [1.29, 1.82) is 0 Å². The quantitative estimate of drug-likeness (QED) is 0.629. The van der Waals surface area contributed by atoms with Gasteiger partial charge in [0.15, 0.2) is 0 Å². The first-order valence-electron chi connectivity index (χ1n) is 5.41. The zero-order valence-corrected chi connectivity index (χ0v) is 9.78. The van der Waals surface area contributed by atoms with E-state index in [1.807, 2.05) is 13.0 Å². The van der Waals surface area contributed by atoms with Crippen LogP contribution >= 0.6 is 0 Å². The molecular weight excluding hydrogens is 204 g/mol. The number of anilines is 1. The predicted octanol–water partition coefficient (Wildman–Crippen LogP) is 3.11. The summed E-state index contributed by atoms with van der Waals surface area (Å²) in [5, 5.41) is 14.0. The fourth-order valence-corrected chi connectivity index (χ4v) is 1.87. The van der Waals surface area contributed by atoms with Crippen LogP contribution in [0.3, 0.4) is 0 Å². The van der Waals surface area contributed by atoms with Crippen molar-refractivity contribution in [2.75, 3.05) is 5.32 Å². The van der Waals surface area contributed by atoms with Crippen LogP contribution in [0.1, 0.15) is 25.8 Å². The minimum Gasteiger partial charge on any atom is -0.382 e. The first-order valence-corrected chi connectivity index (χ1v) is 5.41. The average Bonchev–Trinajstić information content (AvgIpc) is 2.72. The smallest absolute Gasteiger partial charge is 0.271 e. The fraction of sp³-hybridized carbons (Fsp3) is 0.500. The van der Waals surface area contributed by atoms with Gasteiger partial charge in [0, 0.05) is 23.9 Å². The van der Waals surface area contributed by atoms with Crippen molar-refractivity contribution in [3.05, 3.63) is 33.9 Å². The normalized spacial score (nSPS) is 21.6. The molecule has 0 spiro atoms. The lowest BCUT2D eigenvalue weighted by Gasteiger charge is -2.08.